The lowest BCUT2D eigenvalue weighted by Gasteiger charge is -2.30. The van der Waals surface area contributed by atoms with Gasteiger partial charge in [-0.1, -0.05) is 0 Å². The van der Waals surface area contributed by atoms with Crippen LogP contribution in [0.3, 0.4) is 0 Å². The quantitative estimate of drug-likeness (QED) is 0.716. The van der Waals surface area contributed by atoms with Gasteiger partial charge in [-0.15, -0.1) is 0 Å². The molecular weight excluding hydrogens is 200 g/mol. The largest absolute Gasteiger partial charge is 0.336 e. The van der Waals surface area contributed by atoms with Gasteiger partial charge in [0.2, 0.25) is 0 Å². The molecule has 1 aliphatic heterocycles. The fourth-order valence-electron chi connectivity index (χ4n) is 1.62. The summed E-state index contributed by atoms with van der Waals surface area (Å²) >= 11 is 1.05. The van der Waals surface area contributed by atoms with E-state index in [0.29, 0.717) is 12.2 Å². The van der Waals surface area contributed by atoms with Gasteiger partial charge in [-0.05, 0) is 12.8 Å². The summed E-state index contributed by atoms with van der Waals surface area (Å²) in [6.45, 7) is 1.42. The standard InChI is InChI=1S/C8H12N4OS/c9-6-2-1-3-12(5-6)8(13)7-4-10-14-11-7/h4,6H,1-3,5,9H2/t6-/m1/s1. The van der Waals surface area contributed by atoms with E-state index in [1.54, 1.807) is 4.90 Å². The third kappa shape index (κ3) is 1.91. The first-order valence-electron chi connectivity index (χ1n) is 4.60. The average Bonchev–Trinajstić information content (AvgIpc) is 2.69. The summed E-state index contributed by atoms with van der Waals surface area (Å²) < 4.78 is 7.72. The summed E-state index contributed by atoms with van der Waals surface area (Å²) in [5.41, 5.74) is 6.22. The van der Waals surface area contributed by atoms with Crippen LogP contribution in [0.15, 0.2) is 6.20 Å². The number of carbonyl (C=O) groups excluding carboxylic acids is 1. The van der Waals surface area contributed by atoms with Crippen molar-refractivity contribution in [1.29, 1.82) is 0 Å². The molecule has 1 aromatic rings. The van der Waals surface area contributed by atoms with Crippen LogP contribution in [-0.2, 0) is 0 Å². The van der Waals surface area contributed by atoms with Crippen LogP contribution in [0.2, 0.25) is 0 Å². The van der Waals surface area contributed by atoms with E-state index in [1.807, 2.05) is 0 Å². The van der Waals surface area contributed by atoms with Gasteiger partial charge in [0.25, 0.3) is 5.91 Å². The lowest BCUT2D eigenvalue weighted by Crippen LogP contribution is -2.45. The van der Waals surface area contributed by atoms with Gasteiger partial charge >= 0.3 is 0 Å². The Kier molecular flexibility index (Phi) is 2.74. The third-order valence-corrected chi connectivity index (χ3v) is 2.80. The lowest BCUT2D eigenvalue weighted by molar-refractivity contribution is 0.0704. The Morgan fingerprint density at radius 3 is 3.21 bits per heavy atom. The van der Waals surface area contributed by atoms with Crippen LogP contribution in [0.25, 0.3) is 0 Å². The van der Waals surface area contributed by atoms with Gasteiger partial charge in [0, 0.05) is 19.1 Å². The minimum atomic E-state index is -0.0473. The Morgan fingerprint density at radius 1 is 1.71 bits per heavy atom. The Balaban J connectivity index is 2.04. The number of likely N-dealkylation sites (tertiary alicyclic amines) is 1. The molecule has 1 atom stereocenters. The van der Waals surface area contributed by atoms with Crippen molar-refractivity contribution >= 4 is 17.6 Å². The molecule has 1 aromatic heterocycles. The van der Waals surface area contributed by atoms with Crippen LogP contribution in [0.4, 0.5) is 0 Å². The highest BCUT2D eigenvalue weighted by Crippen LogP contribution is 2.11. The second kappa shape index (κ2) is 4.02. The van der Waals surface area contributed by atoms with Crippen LogP contribution in [-0.4, -0.2) is 38.7 Å². The molecule has 0 aliphatic carbocycles. The zero-order chi connectivity index (χ0) is 9.97. The van der Waals surface area contributed by atoms with Crippen LogP contribution in [0.5, 0.6) is 0 Å². The first-order chi connectivity index (χ1) is 6.77. The van der Waals surface area contributed by atoms with Gasteiger partial charge in [-0.3, -0.25) is 4.79 Å². The smallest absolute Gasteiger partial charge is 0.275 e. The zero-order valence-electron chi connectivity index (χ0n) is 7.72. The fraction of sp³-hybridized carbons (Fsp3) is 0.625. The van der Waals surface area contributed by atoms with Crippen molar-refractivity contribution in [3.05, 3.63) is 11.9 Å². The lowest BCUT2D eigenvalue weighted by atomic mass is 10.1. The van der Waals surface area contributed by atoms with Crippen molar-refractivity contribution in [1.82, 2.24) is 13.6 Å². The van der Waals surface area contributed by atoms with Crippen LogP contribution < -0.4 is 5.73 Å². The fourth-order valence-corrected chi connectivity index (χ4v) is 2.02. The summed E-state index contributed by atoms with van der Waals surface area (Å²) in [4.78, 5) is 13.5. The molecule has 0 spiro atoms. The molecule has 1 amide bonds. The van der Waals surface area contributed by atoms with E-state index in [1.165, 1.54) is 6.20 Å². The molecule has 5 nitrogen and oxygen atoms in total. The topological polar surface area (TPSA) is 72.1 Å². The summed E-state index contributed by atoms with van der Waals surface area (Å²) in [5.74, 6) is -0.0473. The van der Waals surface area contributed by atoms with Gasteiger partial charge < -0.3 is 10.6 Å². The maximum atomic E-state index is 11.8. The molecule has 6 heteroatoms. The molecule has 2 N–H and O–H groups in total. The van der Waals surface area contributed by atoms with Crippen molar-refractivity contribution in [2.24, 2.45) is 5.73 Å². The normalized spacial score (nSPS) is 22.4. The summed E-state index contributed by atoms with van der Waals surface area (Å²) in [5, 5.41) is 0. The number of carbonyl (C=O) groups is 1. The maximum Gasteiger partial charge on any atom is 0.275 e. The highest BCUT2D eigenvalue weighted by atomic mass is 32.1. The number of hydrogen-bond acceptors (Lipinski definition) is 5. The number of hydrogen-bond donors (Lipinski definition) is 1. The van der Waals surface area contributed by atoms with Gasteiger partial charge in [-0.2, -0.15) is 8.75 Å². The van der Waals surface area contributed by atoms with Gasteiger partial charge in [0.15, 0.2) is 5.69 Å². The van der Waals surface area contributed by atoms with Gasteiger partial charge in [0.1, 0.15) is 0 Å². The molecule has 14 heavy (non-hydrogen) atoms. The minimum Gasteiger partial charge on any atom is -0.336 e. The molecule has 2 heterocycles. The highest BCUT2D eigenvalue weighted by molar-refractivity contribution is 6.99. The Bertz CT molecular complexity index is 313. The van der Waals surface area contributed by atoms with Crippen LogP contribution >= 0.6 is 11.7 Å². The molecule has 0 saturated carbocycles. The molecule has 0 unspecified atom stereocenters. The van der Waals surface area contributed by atoms with Crippen molar-refractivity contribution in [2.45, 2.75) is 18.9 Å². The van der Waals surface area contributed by atoms with E-state index in [-0.39, 0.29) is 11.9 Å². The van der Waals surface area contributed by atoms with Crippen LogP contribution in [0, 0.1) is 0 Å². The molecule has 1 saturated heterocycles. The van der Waals surface area contributed by atoms with Crippen molar-refractivity contribution in [3.8, 4) is 0 Å². The first kappa shape index (κ1) is 9.54. The predicted octanol–water partition coefficient (Wildman–Crippen LogP) is 0.101. The second-order valence-corrected chi connectivity index (χ2v) is 4.00. The number of rotatable bonds is 1. The molecule has 0 aromatic carbocycles. The van der Waals surface area contributed by atoms with E-state index in [4.69, 9.17) is 5.73 Å². The molecule has 1 fully saturated rings. The molecule has 76 valence electrons. The Labute approximate surface area is 86.2 Å². The summed E-state index contributed by atoms with van der Waals surface area (Å²) in [6, 6.07) is 0.110. The van der Waals surface area contributed by atoms with E-state index in [0.717, 1.165) is 31.1 Å². The number of aromatic nitrogens is 2. The Hall–Kier alpha value is -1.01. The van der Waals surface area contributed by atoms with Crippen LogP contribution in [0.1, 0.15) is 23.3 Å². The van der Waals surface area contributed by atoms with E-state index < -0.39 is 0 Å². The van der Waals surface area contributed by atoms with E-state index in [2.05, 4.69) is 8.75 Å². The molecule has 1 aliphatic rings. The van der Waals surface area contributed by atoms with Gasteiger partial charge in [-0.25, -0.2) is 0 Å². The summed E-state index contributed by atoms with van der Waals surface area (Å²) in [7, 11) is 0. The monoisotopic (exact) mass is 212 g/mol. The van der Waals surface area contributed by atoms with Crippen molar-refractivity contribution in [3.63, 3.8) is 0 Å². The summed E-state index contributed by atoms with van der Waals surface area (Å²) in [6.07, 6.45) is 3.48. The molecular formula is C8H12N4OS. The number of nitrogens with zero attached hydrogens (tertiary/aromatic N) is 3. The number of piperidine rings is 1. The first-order valence-corrected chi connectivity index (χ1v) is 5.33. The predicted molar refractivity (Wildman–Crippen MR) is 53.0 cm³/mol. The third-order valence-electron chi connectivity index (χ3n) is 2.33. The Morgan fingerprint density at radius 2 is 2.57 bits per heavy atom. The van der Waals surface area contributed by atoms with Crippen molar-refractivity contribution in [2.75, 3.05) is 13.1 Å². The minimum absolute atomic E-state index is 0.0473. The van der Waals surface area contributed by atoms with E-state index >= 15 is 0 Å². The zero-order valence-corrected chi connectivity index (χ0v) is 8.54. The van der Waals surface area contributed by atoms with Crippen molar-refractivity contribution < 1.29 is 4.79 Å². The molecule has 0 radical (unpaired) electrons. The number of nitrogens with two attached hydrogens (primary N) is 1. The molecule has 0 bridgehead atoms. The SMILES string of the molecule is N[C@@H]1CCCN(C(=O)c2cnsn2)C1. The number of amides is 1. The average molecular weight is 212 g/mol. The highest BCUT2D eigenvalue weighted by Gasteiger charge is 2.23. The second-order valence-electron chi connectivity index (χ2n) is 3.45. The molecule has 2 rings (SSSR count). The van der Waals surface area contributed by atoms with Gasteiger partial charge in [0.05, 0.1) is 17.9 Å². The maximum absolute atomic E-state index is 11.8. The van der Waals surface area contributed by atoms with E-state index in [9.17, 15) is 4.79 Å².